The van der Waals surface area contributed by atoms with E-state index in [-0.39, 0.29) is 21.8 Å². The van der Waals surface area contributed by atoms with Gasteiger partial charge < -0.3 is 20.3 Å². The maximum atomic E-state index is 12.3. The van der Waals surface area contributed by atoms with Crippen molar-refractivity contribution >= 4 is 44.2 Å². The number of carbonyl (C=O) groups excluding carboxylic acids is 1. The van der Waals surface area contributed by atoms with E-state index in [0.717, 1.165) is 35.9 Å². The van der Waals surface area contributed by atoms with E-state index < -0.39 is 10.0 Å². The minimum Gasteiger partial charge on any atom is -0.378 e. The number of carbonyl (C=O) groups is 1. The third kappa shape index (κ3) is 6.06. The summed E-state index contributed by atoms with van der Waals surface area (Å²) in [6.07, 6.45) is 1.21. The fourth-order valence-electron chi connectivity index (χ4n) is 2.61. The number of morpholine rings is 1. The van der Waals surface area contributed by atoms with Crippen LogP contribution in [0.2, 0.25) is 0 Å². The lowest BCUT2D eigenvalue weighted by atomic mass is 10.3. The van der Waals surface area contributed by atoms with E-state index in [0.29, 0.717) is 25.7 Å². The molecule has 2 aromatic heterocycles. The molecule has 3 N–H and O–H groups in total. The molecular formula is C16H23N7O4S2. The number of sulfonamides is 1. The number of rotatable bonds is 8. The molecule has 0 radical (unpaired) electrons. The van der Waals surface area contributed by atoms with Crippen LogP contribution in [0.25, 0.3) is 0 Å². The highest BCUT2D eigenvalue weighted by molar-refractivity contribution is 7.91. The Bertz CT molecular complexity index is 958. The van der Waals surface area contributed by atoms with Crippen LogP contribution in [-0.4, -0.2) is 68.7 Å². The zero-order chi connectivity index (χ0) is 20.9. The van der Waals surface area contributed by atoms with E-state index in [1.165, 1.54) is 13.1 Å². The van der Waals surface area contributed by atoms with Gasteiger partial charge in [0.2, 0.25) is 11.9 Å². The number of hydrogen-bond donors (Lipinski definition) is 3. The second kappa shape index (κ2) is 9.43. The highest BCUT2D eigenvalue weighted by Crippen LogP contribution is 2.22. The quantitative estimate of drug-likeness (QED) is 0.498. The minimum atomic E-state index is -3.71. The summed E-state index contributed by atoms with van der Waals surface area (Å²) in [5.74, 6) is 0.950. The van der Waals surface area contributed by atoms with Crippen LogP contribution in [0.4, 0.5) is 16.9 Å². The van der Waals surface area contributed by atoms with Gasteiger partial charge in [0.1, 0.15) is 5.82 Å². The van der Waals surface area contributed by atoms with Gasteiger partial charge in [-0.15, -0.1) is 0 Å². The molecule has 0 aliphatic carbocycles. The molecule has 3 heterocycles. The molecule has 1 aliphatic heterocycles. The van der Waals surface area contributed by atoms with E-state index in [4.69, 9.17) is 4.74 Å². The molecular weight excluding hydrogens is 418 g/mol. The fraction of sp³-hybridized carbons (Fsp3) is 0.500. The number of nitrogens with one attached hydrogen (secondary N) is 3. The number of aryl methyl sites for hydroxylation is 1. The Morgan fingerprint density at radius 3 is 2.76 bits per heavy atom. The SMILES string of the molecule is CC(=O)Nc1ncc(S(=O)(=O)NCCNc2nc(C)cc(N3CCOCC3)n2)s1. The molecule has 0 bridgehead atoms. The summed E-state index contributed by atoms with van der Waals surface area (Å²) in [4.78, 5) is 25.9. The van der Waals surface area contributed by atoms with Crippen LogP contribution in [0.3, 0.4) is 0 Å². The maximum Gasteiger partial charge on any atom is 0.251 e. The number of anilines is 3. The molecule has 13 heteroatoms. The summed E-state index contributed by atoms with van der Waals surface area (Å²) in [5, 5.41) is 5.74. The zero-order valence-electron chi connectivity index (χ0n) is 16.1. The van der Waals surface area contributed by atoms with Crippen LogP contribution in [0.1, 0.15) is 12.6 Å². The Hall–Kier alpha value is -2.35. The third-order valence-corrected chi connectivity index (χ3v) is 6.74. The Kier molecular flexibility index (Phi) is 6.95. The Labute approximate surface area is 173 Å². The van der Waals surface area contributed by atoms with Gasteiger partial charge in [-0.1, -0.05) is 11.3 Å². The van der Waals surface area contributed by atoms with Crippen molar-refractivity contribution in [2.75, 3.05) is 54.9 Å². The molecule has 2 aromatic rings. The van der Waals surface area contributed by atoms with Gasteiger partial charge in [-0.25, -0.2) is 23.1 Å². The van der Waals surface area contributed by atoms with Crippen molar-refractivity contribution in [1.29, 1.82) is 0 Å². The number of ether oxygens (including phenoxy) is 1. The molecule has 0 unspecified atom stereocenters. The summed E-state index contributed by atoms with van der Waals surface area (Å²) in [6, 6.07) is 1.91. The first-order valence-corrected chi connectivity index (χ1v) is 11.3. The third-order valence-electron chi connectivity index (χ3n) is 3.91. The van der Waals surface area contributed by atoms with Gasteiger partial charge in [0, 0.05) is 44.9 Å². The van der Waals surface area contributed by atoms with E-state index in [1.54, 1.807) is 0 Å². The molecule has 0 aromatic carbocycles. The fourth-order valence-corrected chi connectivity index (χ4v) is 4.76. The molecule has 0 spiro atoms. The summed E-state index contributed by atoms with van der Waals surface area (Å²) < 4.78 is 32.5. The van der Waals surface area contributed by atoms with Gasteiger partial charge in [-0.2, -0.15) is 4.98 Å². The Morgan fingerprint density at radius 2 is 2.03 bits per heavy atom. The normalized spacial score (nSPS) is 14.6. The lowest BCUT2D eigenvalue weighted by Crippen LogP contribution is -2.37. The summed E-state index contributed by atoms with van der Waals surface area (Å²) in [6.45, 7) is 6.52. The van der Waals surface area contributed by atoms with Crippen molar-refractivity contribution in [2.45, 2.75) is 18.1 Å². The van der Waals surface area contributed by atoms with Crippen LogP contribution in [0, 0.1) is 6.92 Å². The molecule has 1 aliphatic rings. The van der Waals surface area contributed by atoms with Gasteiger partial charge >= 0.3 is 0 Å². The zero-order valence-corrected chi connectivity index (χ0v) is 17.8. The number of amides is 1. The van der Waals surface area contributed by atoms with Crippen molar-refractivity contribution in [3.8, 4) is 0 Å². The molecule has 29 heavy (non-hydrogen) atoms. The number of nitrogens with zero attached hydrogens (tertiary/aromatic N) is 4. The van der Waals surface area contributed by atoms with E-state index in [9.17, 15) is 13.2 Å². The van der Waals surface area contributed by atoms with Gasteiger partial charge in [-0.3, -0.25) is 4.79 Å². The van der Waals surface area contributed by atoms with E-state index in [1.807, 2.05) is 13.0 Å². The lowest BCUT2D eigenvalue weighted by Gasteiger charge is -2.28. The molecule has 3 rings (SSSR count). The van der Waals surface area contributed by atoms with Crippen molar-refractivity contribution in [3.05, 3.63) is 18.0 Å². The first-order valence-electron chi connectivity index (χ1n) is 8.99. The predicted octanol–water partition coefficient (Wildman–Crippen LogP) is 0.427. The predicted molar refractivity (Wildman–Crippen MR) is 110 cm³/mol. The highest BCUT2D eigenvalue weighted by Gasteiger charge is 2.18. The molecule has 158 valence electrons. The smallest absolute Gasteiger partial charge is 0.251 e. The van der Waals surface area contributed by atoms with Gasteiger partial charge in [0.15, 0.2) is 9.34 Å². The van der Waals surface area contributed by atoms with Gasteiger partial charge in [-0.05, 0) is 6.92 Å². The molecule has 11 nitrogen and oxygen atoms in total. The molecule has 1 amide bonds. The van der Waals surface area contributed by atoms with Gasteiger partial charge in [0.25, 0.3) is 10.0 Å². The van der Waals surface area contributed by atoms with Crippen LogP contribution in [0.15, 0.2) is 16.5 Å². The summed E-state index contributed by atoms with van der Waals surface area (Å²) >= 11 is 0.888. The van der Waals surface area contributed by atoms with E-state index >= 15 is 0 Å². The van der Waals surface area contributed by atoms with Crippen LogP contribution < -0.4 is 20.3 Å². The Balaban J connectivity index is 1.53. The monoisotopic (exact) mass is 441 g/mol. The van der Waals surface area contributed by atoms with Crippen molar-refractivity contribution < 1.29 is 17.9 Å². The van der Waals surface area contributed by atoms with Gasteiger partial charge in [0.05, 0.1) is 19.4 Å². The minimum absolute atomic E-state index is 0.0302. The lowest BCUT2D eigenvalue weighted by molar-refractivity contribution is -0.114. The highest BCUT2D eigenvalue weighted by atomic mass is 32.2. The second-order valence-corrected chi connectivity index (χ2v) is 9.31. The van der Waals surface area contributed by atoms with Crippen LogP contribution in [-0.2, 0) is 19.6 Å². The van der Waals surface area contributed by atoms with Crippen molar-refractivity contribution in [2.24, 2.45) is 0 Å². The first-order chi connectivity index (χ1) is 13.8. The average Bonchev–Trinajstić information content (AvgIpc) is 3.14. The number of aromatic nitrogens is 3. The summed E-state index contributed by atoms with van der Waals surface area (Å²) in [7, 11) is -3.71. The molecule has 0 atom stereocenters. The molecule has 0 saturated carbocycles. The maximum absolute atomic E-state index is 12.3. The van der Waals surface area contributed by atoms with Crippen LogP contribution in [0.5, 0.6) is 0 Å². The second-order valence-electron chi connectivity index (χ2n) is 6.28. The average molecular weight is 442 g/mol. The van der Waals surface area contributed by atoms with Crippen molar-refractivity contribution in [1.82, 2.24) is 19.7 Å². The Morgan fingerprint density at radius 1 is 1.28 bits per heavy atom. The van der Waals surface area contributed by atoms with Crippen molar-refractivity contribution in [3.63, 3.8) is 0 Å². The van der Waals surface area contributed by atoms with Crippen LogP contribution >= 0.6 is 11.3 Å². The first kappa shape index (κ1) is 21.4. The summed E-state index contributed by atoms with van der Waals surface area (Å²) in [5.41, 5.74) is 0.819. The largest absolute Gasteiger partial charge is 0.378 e. The molecule has 1 fully saturated rings. The van der Waals surface area contributed by atoms with E-state index in [2.05, 4.69) is 35.2 Å². The number of thiazole rings is 1. The standard InChI is InChI=1S/C16H23N7O4S2/c1-11-9-13(23-5-7-27-8-6-23)22-15(20-11)17-3-4-19-29(25,26)14-10-18-16(28-14)21-12(2)24/h9-10,19H,3-8H2,1-2H3,(H,17,20,22)(H,18,21,24). The topological polar surface area (TPSA) is 138 Å². The molecule has 1 saturated heterocycles. The number of hydrogen-bond acceptors (Lipinski definition) is 10.